The van der Waals surface area contributed by atoms with Crippen LogP contribution in [0.4, 0.5) is 0 Å². The van der Waals surface area contributed by atoms with Crippen LogP contribution >= 0.6 is 0 Å². The first-order valence-electron chi connectivity index (χ1n) is 4.37. The summed E-state index contributed by atoms with van der Waals surface area (Å²) in [5.41, 5.74) is 3.13. The van der Waals surface area contributed by atoms with Crippen LogP contribution in [0, 0.1) is 13.3 Å². The molecule has 2 atom stereocenters. The highest BCUT2D eigenvalue weighted by molar-refractivity contribution is 5.35. The van der Waals surface area contributed by atoms with E-state index in [1.54, 1.807) is 11.1 Å². The fourth-order valence-corrected chi connectivity index (χ4v) is 1.99. The topological polar surface area (TPSA) is 0 Å². The zero-order valence-corrected chi connectivity index (χ0v) is 8.17. The number of fused-ring (bicyclic) bond motifs is 1. The van der Waals surface area contributed by atoms with Gasteiger partial charge < -0.3 is 7.43 Å². The lowest BCUT2D eigenvalue weighted by Crippen LogP contribution is -1.97. The maximum atomic E-state index is 2.34. The van der Waals surface area contributed by atoms with E-state index in [1.165, 1.54) is 6.42 Å². The molecule has 12 heavy (non-hydrogen) atoms. The van der Waals surface area contributed by atoms with E-state index in [4.69, 9.17) is 0 Å². The standard InChI is InChI=1S/C11H14.CH3/c1-8-7-10-5-3-4-6-11(10)9(8)2;/h3-6,8-9H,7H2,1-2H3;1H3/q;-1. The monoisotopic (exact) mass is 161 g/mol. The first-order chi connectivity index (χ1) is 5.29. The minimum absolute atomic E-state index is 0. The summed E-state index contributed by atoms with van der Waals surface area (Å²) in [6.45, 7) is 4.67. The van der Waals surface area contributed by atoms with Gasteiger partial charge in [0.1, 0.15) is 0 Å². The Morgan fingerprint density at radius 3 is 2.50 bits per heavy atom. The van der Waals surface area contributed by atoms with Gasteiger partial charge in [-0.2, -0.15) is 0 Å². The quantitative estimate of drug-likeness (QED) is 0.511. The average molecular weight is 161 g/mol. The SMILES string of the molecule is CC1Cc2ccccc2C1C.[CH3-]. The summed E-state index contributed by atoms with van der Waals surface area (Å²) in [6, 6.07) is 8.82. The molecule has 0 saturated carbocycles. The molecule has 0 N–H and O–H groups in total. The maximum absolute atomic E-state index is 2.34. The molecule has 0 saturated heterocycles. The predicted molar refractivity (Wildman–Crippen MR) is 54.1 cm³/mol. The van der Waals surface area contributed by atoms with Crippen LogP contribution in [0.5, 0.6) is 0 Å². The lowest BCUT2D eigenvalue weighted by atomic mass is 9.97. The van der Waals surface area contributed by atoms with Crippen molar-refractivity contribution in [2.75, 3.05) is 0 Å². The Morgan fingerprint density at radius 1 is 1.17 bits per heavy atom. The number of hydrogen-bond donors (Lipinski definition) is 0. The van der Waals surface area contributed by atoms with Crippen molar-refractivity contribution in [3.05, 3.63) is 42.8 Å². The van der Waals surface area contributed by atoms with E-state index in [0.717, 1.165) is 11.8 Å². The largest absolute Gasteiger partial charge is 0.358 e. The zero-order valence-electron chi connectivity index (χ0n) is 8.17. The van der Waals surface area contributed by atoms with Crippen LogP contribution in [-0.4, -0.2) is 0 Å². The van der Waals surface area contributed by atoms with Gasteiger partial charge in [0.25, 0.3) is 0 Å². The molecule has 0 nitrogen and oxygen atoms in total. The third kappa shape index (κ3) is 1.26. The summed E-state index contributed by atoms with van der Waals surface area (Å²) in [6.07, 6.45) is 1.28. The molecule has 0 heteroatoms. The van der Waals surface area contributed by atoms with Crippen LogP contribution < -0.4 is 0 Å². The maximum Gasteiger partial charge on any atom is -0.0159 e. The molecule has 1 aromatic rings. The van der Waals surface area contributed by atoms with Gasteiger partial charge >= 0.3 is 0 Å². The van der Waals surface area contributed by atoms with Gasteiger partial charge in [0, 0.05) is 0 Å². The molecule has 1 aliphatic carbocycles. The summed E-state index contributed by atoms with van der Waals surface area (Å²) in [4.78, 5) is 0. The highest BCUT2D eigenvalue weighted by Crippen LogP contribution is 2.36. The molecule has 1 aliphatic rings. The summed E-state index contributed by atoms with van der Waals surface area (Å²) < 4.78 is 0. The van der Waals surface area contributed by atoms with Gasteiger partial charge in [-0.1, -0.05) is 38.1 Å². The third-order valence-corrected chi connectivity index (χ3v) is 2.94. The first-order valence-corrected chi connectivity index (χ1v) is 4.37. The molecule has 0 spiro atoms. The van der Waals surface area contributed by atoms with Crippen LogP contribution in [0.3, 0.4) is 0 Å². The minimum Gasteiger partial charge on any atom is -0.358 e. The number of benzene rings is 1. The van der Waals surface area contributed by atoms with Gasteiger partial charge in [0.05, 0.1) is 0 Å². The van der Waals surface area contributed by atoms with E-state index in [0.29, 0.717) is 0 Å². The summed E-state index contributed by atoms with van der Waals surface area (Å²) in [7, 11) is 0. The van der Waals surface area contributed by atoms with Gasteiger partial charge in [-0.25, -0.2) is 0 Å². The Labute approximate surface area is 75.6 Å². The van der Waals surface area contributed by atoms with Crippen molar-refractivity contribution in [2.45, 2.75) is 26.2 Å². The Balaban J connectivity index is 0.000000720. The molecular weight excluding hydrogens is 144 g/mol. The van der Waals surface area contributed by atoms with E-state index in [2.05, 4.69) is 38.1 Å². The van der Waals surface area contributed by atoms with E-state index in [-0.39, 0.29) is 7.43 Å². The highest BCUT2D eigenvalue weighted by Gasteiger charge is 2.24. The second-order valence-electron chi connectivity index (χ2n) is 3.67. The van der Waals surface area contributed by atoms with Crippen molar-refractivity contribution in [1.82, 2.24) is 0 Å². The summed E-state index contributed by atoms with van der Waals surface area (Å²) in [5, 5.41) is 0. The van der Waals surface area contributed by atoms with Crippen LogP contribution in [0.25, 0.3) is 0 Å². The van der Waals surface area contributed by atoms with Gasteiger partial charge in [-0.05, 0) is 29.4 Å². The summed E-state index contributed by atoms with van der Waals surface area (Å²) >= 11 is 0. The molecule has 0 amide bonds. The van der Waals surface area contributed by atoms with Gasteiger partial charge in [0.2, 0.25) is 0 Å². The van der Waals surface area contributed by atoms with Gasteiger partial charge in [-0.3, -0.25) is 0 Å². The average Bonchev–Trinajstić information content (AvgIpc) is 2.30. The van der Waals surface area contributed by atoms with Crippen molar-refractivity contribution in [3.8, 4) is 0 Å². The normalized spacial score (nSPS) is 26.2. The molecule has 0 radical (unpaired) electrons. The Kier molecular flexibility index (Phi) is 2.56. The lowest BCUT2D eigenvalue weighted by Gasteiger charge is -2.08. The fourth-order valence-electron chi connectivity index (χ4n) is 1.99. The van der Waals surface area contributed by atoms with Crippen molar-refractivity contribution in [1.29, 1.82) is 0 Å². The molecule has 0 aliphatic heterocycles. The van der Waals surface area contributed by atoms with Crippen LogP contribution in [0.1, 0.15) is 30.9 Å². The molecule has 66 valence electrons. The highest BCUT2D eigenvalue weighted by atomic mass is 14.3. The molecule has 0 fully saturated rings. The van der Waals surface area contributed by atoms with Crippen molar-refractivity contribution in [3.63, 3.8) is 0 Å². The van der Waals surface area contributed by atoms with Crippen LogP contribution in [0.15, 0.2) is 24.3 Å². The summed E-state index contributed by atoms with van der Waals surface area (Å²) in [5.74, 6) is 1.61. The van der Waals surface area contributed by atoms with Crippen molar-refractivity contribution < 1.29 is 0 Å². The predicted octanol–water partition coefficient (Wildman–Crippen LogP) is 3.43. The second kappa shape index (κ2) is 3.30. The lowest BCUT2D eigenvalue weighted by molar-refractivity contribution is 0.532. The first kappa shape index (κ1) is 9.31. The smallest absolute Gasteiger partial charge is 0.0159 e. The Hall–Kier alpha value is -0.780. The number of rotatable bonds is 0. The van der Waals surface area contributed by atoms with Crippen molar-refractivity contribution in [2.24, 2.45) is 5.92 Å². The molecule has 2 unspecified atom stereocenters. The minimum atomic E-state index is 0. The molecule has 2 rings (SSSR count). The van der Waals surface area contributed by atoms with Gasteiger partial charge in [0.15, 0.2) is 0 Å². The van der Waals surface area contributed by atoms with E-state index in [9.17, 15) is 0 Å². The van der Waals surface area contributed by atoms with Gasteiger partial charge in [-0.15, -0.1) is 0 Å². The Bertz CT molecular complexity index is 262. The van der Waals surface area contributed by atoms with Crippen molar-refractivity contribution >= 4 is 0 Å². The van der Waals surface area contributed by atoms with E-state index in [1.807, 2.05) is 0 Å². The second-order valence-corrected chi connectivity index (χ2v) is 3.67. The molecule has 1 aromatic carbocycles. The van der Waals surface area contributed by atoms with Crippen LogP contribution in [-0.2, 0) is 6.42 Å². The number of hydrogen-bond acceptors (Lipinski definition) is 0. The molecular formula is C12H17-. The zero-order chi connectivity index (χ0) is 7.84. The fraction of sp³-hybridized carbons (Fsp3) is 0.417. The van der Waals surface area contributed by atoms with E-state index < -0.39 is 0 Å². The Morgan fingerprint density at radius 2 is 1.83 bits per heavy atom. The molecule has 0 aromatic heterocycles. The molecule has 0 heterocycles. The van der Waals surface area contributed by atoms with E-state index >= 15 is 0 Å². The molecule has 0 bridgehead atoms. The third-order valence-electron chi connectivity index (χ3n) is 2.94. The van der Waals surface area contributed by atoms with Crippen LogP contribution in [0.2, 0.25) is 0 Å².